The normalized spacial score (nSPS) is 11.3. The Labute approximate surface area is 297 Å². The van der Waals surface area contributed by atoms with Gasteiger partial charge < -0.3 is 0 Å². The van der Waals surface area contributed by atoms with Gasteiger partial charge in [0.25, 0.3) is 0 Å². The molecule has 1 aliphatic rings. The predicted molar refractivity (Wildman–Crippen MR) is 200 cm³/mol. The fourth-order valence-electron chi connectivity index (χ4n) is 6.16. The van der Waals surface area contributed by atoms with E-state index in [1.807, 2.05) is 6.07 Å². The third-order valence-electron chi connectivity index (χ3n) is 8.54. The van der Waals surface area contributed by atoms with E-state index in [-0.39, 0.29) is 0 Å². The van der Waals surface area contributed by atoms with Crippen LogP contribution in [0.1, 0.15) is 69.6 Å². The van der Waals surface area contributed by atoms with Crippen molar-refractivity contribution in [1.29, 1.82) is 0 Å². The van der Waals surface area contributed by atoms with Crippen LogP contribution < -0.4 is 10.4 Å². The maximum Gasteiger partial charge on any atom is 0.0920 e. The van der Waals surface area contributed by atoms with E-state index in [0.717, 1.165) is 22.4 Å². The van der Waals surface area contributed by atoms with Crippen LogP contribution in [0.4, 0.5) is 0 Å². The third kappa shape index (κ3) is 8.08. The Morgan fingerprint density at radius 3 is 2.07 bits per heavy atom. The molecule has 0 saturated carbocycles. The number of aryl methyl sites for hydroxylation is 1. The summed E-state index contributed by atoms with van der Waals surface area (Å²) < 4.78 is 0. The van der Waals surface area contributed by atoms with Crippen molar-refractivity contribution in [3.8, 4) is 33.4 Å². The van der Waals surface area contributed by atoms with Crippen LogP contribution in [0.2, 0.25) is 0 Å². The first-order valence-corrected chi connectivity index (χ1v) is 23.4. The SMILES string of the molecule is CCCc1ccc2[cH-]c(-c3ccccc3)cc2c1-c1cc(C(C)C)cc(C(C)C)c1.[Cl][Zr+2][Cl].[c-]1cccc2c1[Si]c1ccccc1-2. The minimum absolute atomic E-state index is 0.524. The summed E-state index contributed by atoms with van der Waals surface area (Å²) in [5, 5.41) is 5.55. The summed E-state index contributed by atoms with van der Waals surface area (Å²) in [6.45, 7) is 11.5. The van der Waals surface area contributed by atoms with Gasteiger partial charge in [0, 0.05) is 0 Å². The van der Waals surface area contributed by atoms with Crippen molar-refractivity contribution >= 4 is 47.7 Å². The molecule has 0 bridgehead atoms. The van der Waals surface area contributed by atoms with E-state index in [2.05, 4.69) is 150 Å². The Balaban J connectivity index is 0.000000214. The van der Waals surface area contributed by atoms with Crippen LogP contribution in [0.25, 0.3) is 44.2 Å². The summed E-state index contributed by atoms with van der Waals surface area (Å²) in [6, 6.07) is 45.6. The Morgan fingerprint density at radius 2 is 1.39 bits per heavy atom. The molecule has 6 aromatic rings. The van der Waals surface area contributed by atoms with E-state index in [0.29, 0.717) is 11.8 Å². The van der Waals surface area contributed by atoms with Gasteiger partial charge in [-0.25, -0.2) is 0 Å². The van der Waals surface area contributed by atoms with Gasteiger partial charge in [-0.1, -0.05) is 142 Å². The van der Waals surface area contributed by atoms with Crippen LogP contribution in [0.15, 0.2) is 115 Å². The van der Waals surface area contributed by atoms with Crippen molar-refractivity contribution in [3.05, 3.63) is 138 Å². The number of fused-ring (bicyclic) bond motifs is 4. The molecule has 0 atom stereocenters. The van der Waals surface area contributed by atoms with Gasteiger partial charge >= 0.3 is 37.9 Å². The maximum absolute atomic E-state index is 4.93. The predicted octanol–water partition coefficient (Wildman–Crippen LogP) is 11.6. The number of hydrogen-bond donors (Lipinski definition) is 0. The number of halogens is 2. The maximum atomic E-state index is 4.93. The van der Waals surface area contributed by atoms with E-state index in [1.165, 1.54) is 71.2 Å². The van der Waals surface area contributed by atoms with Gasteiger partial charge in [-0.05, 0) is 40.5 Å². The zero-order valence-corrected chi connectivity index (χ0v) is 32.3. The summed E-state index contributed by atoms with van der Waals surface area (Å²) in [5.41, 5.74) is 12.5. The summed E-state index contributed by atoms with van der Waals surface area (Å²) in [7, 11) is 10.7. The zero-order chi connectivity index (χ0) is 32.6. The second kappa shape index (κ2) is 16.5. The summed E-state index contributed by atoms with van der Waals surface area (Å²) in [5.74, 6) is 1.05. The average molecular weight is 735 g/mol. The molecule has 46 heavy (non-hydrogen) atoms. The molecule has 0 N–H and O–H groups in total. The molecule has 0 spiro atoms. The number of rotatable bonds is 6. The van der Waals surface area contributed by atoms with Crippen molar-refractivity contribution in [3.63, 3.8) is 0 Å². The van der Waals surface area contributed by atoms with E-state index in [9.17, 15) is 0 Å². The Hall–Kier alpha value is -2.61. The van der Waals surface area contributed by atoms with Gasteiger partial charge in [0.05, 0.1) is 9.52 Å². The zero-order valence-electron chi connectivity index (χ0n) is 27.3. The molecule has 4 heteroatoms. The first kappa shape index (κ1) is 34.7. The largest absolute Gasteiger partial charge is 0.184 e. The molecular weight excluding hydrogens is 695 g/mol. The molecule has 7 rings (SSSR count). The fraction of sp³-hybridized carbons (Fsp3) is 0.214. The molecule has 2 radical (unpaired) electrons. The molecular formula is C42H40Cl2SiZr. The molecule has 0 aromatic heterocycles. The second-order valence-corrected chi connectivity index (χ2v) is 17.4. The van der Waals surface area contributed by atoms with Gasteiger partial charge in [-0.15, -0.1) is 40.1 Å². The smallest absolute Gasteiger partial charge is 0.0920 e. The molecule has 230 valence electrons. The summed E-state index contributed by atoms with van der Waals surface area (Å²) in [4.78, 5) is 0. The first-order valence-electron chi connectivity index (χ1n) is 16.1. The van der Waals surface area contributed by atoms with Gasteiger partial charge in [0.15, 0.2) is 0 Å². The molecule has 6 aromatic carbocycles. The quantitative estimate of drug-likeness (QED) is 0.118. The molecule has 0 amide bonds. The van der Waals surface area contributed by atoms with Crippen molar-refractivity contribution < 1.29 is 20.8 Å². The Bertz CT molecular complexity index is 1820. The topological polar surface area (TPSA) is 0 Å². The van der Waals surface area contributed by atoms with E-state index in [4.69, 9.17) is 17.0 Å². The van der Waals surface area contributed by atoms with Crippen molar-refractivity contribution in [1.82, 2.24) is 0 Å². The summed E-state index contributed by atoms with van der Waals surface area (Å²) >= 11 is -0.826. The van der Waals surface area contributed by atoms with E-state index < -0.39 is 20.8 Å². The van der Waals surface area contributed by atoms with Crippen LogP contribution >= 0.6 is 17.0 Å². The molecule has 1 aliphatic heterocycles. The molecule has 0 unspecified atom stereocenters. The van der Waals surface area contributed by atoms with Gasteiger partial charge in [-0.2, -0.15) is 29.5 Å². The minimum atomic E-state index is -0.826. The van der Waals surface area contributed by atoms with Crippen LogP contribution in [0.3, 0.4) is 0 Å². The molecule has 0 nitrogen and oxygen atoms in total. The Morgan fingerprint density at radius 1 is 0.739 bits per heavy atom. The first-order chi connectivity index (χ1) is 22.3. The number of hydrogen-bond acceptors (Lipinski definition) is 0. The Kier molecular flexibility index (Phi) is 12.4. The standard InChI is InChI=1S/C30H33.C12H7Si.2ClH.Zr/c1-6-10-23-13-14-24-15-27(22-11-8-7-9-12-22)19-29(24)30(23)28-17-25(20(2)3)16-26(18-28)21(4)5;1-3-7-11-9(5-1)10-6-2-4-8-12(10)13-11;;;/h7-9,11-21H,6,10H2,1-5H3;1-7H;2*1H;/q2*-1;;;+4/p-2. The van der Waals surface area contributed by atoms with E-state index >= 15 is 0 Å². The monoisotopic (exact) mass is 732 g/mol. The fourth-order valence-corrected chi connectivity index (χ4v) is 7.47. The number of benzene rings is 5. The van der Waals surface area contributed by atoms with Crippen molar-refractivity contribution in [2.24, 2.45) is 0 Å². The second-order valence-electron chi connectivity index (χ2n) is 12.4. The molecule has 0 aliphatic carbocycles. The minimum Gasteiger partial charge on any atom is -0.184 e. The molecule has 1 heterocycles. The van der Waals surface area contributed by atoms with Crippen molar-refractivity contribution in [2.75, 3.05) is 0 Å². The van der Waals surface area contributed by atoms with Gasteiger partial charge in [0.1, 0.15) is 0 Å². The van der Waals surface area contributed by atoms with Gasteiger partial charge in [0.2, 0.25) is 0 Å². The van der Waals surface area contributed by atoms with E-state index in [1.54, 1.807) is 0 Å². The average Bonchev–Trinajstić information content (AvgIpc) is 3.68. The summed E-state index contributed by atoms with van der Waals surface area (Å²) in [6.07, 6.45) is 2.27. The van der Waals surface area contributed by atoms with Gasteiger partial charge in [-0.3, -0.25) is 0 Å². The molecule has 0 saturated heterocycles. The third-order valence-corrected chi connectivity index (χ3v) is 9.90. The molecule has 0 fully saturated rings. The van der Waals surface area contributed by atoms with Crippen LogP contribution in [0.5, 0.6) is 0 Å². The van der Waals surface area contributed by atoms with Crippen LogP contribution in [-0.4, -0.2) is 9.52 Å². The van der Waals surface area contributed by atoms with Crippen LogP contribution in [-0.2, 0) is 27.3 Å². The van der Waals surface area contributed by atoms with Crippen molar-refractivity contribution in [2.45, 2.75) is 59.3 Å². The van der Waals surface area contributed by atoms with Crippen LogP contribution in [0, 0.1) is 6.07 Å².